The van der Waals surface area contributed by atoms with E-state index in [1.54, 1.807) is 25.1 Å². The Bertz CT molecular complexity index is 521. The molecule has 0 aliphatic heterocycles. The van der Waals surface area contributed by atoms with E-state index in [9.17, 15) is 8.42 Å². The minimum Gasteiger partial charge on any atom is -0.398 e. The molecule has 0 aromatic heterocycles. The fourth-order valence-electron chi connectivity index (χ4n) is 2.03. The second-order valence-electron chi connectivity index (χ2n) is 4.25. The van der Waals surface area contributed by atoms with Crippen LogP contribution < -0.4 is 10.5 Å². The molecule has 0 bridgehead atoms. The van der Waals surface area contributed by atoms with Gasteiger partial charge in [-0.1, -0.05) is 24.3 Å². The van der Waals surface area contributed by atoms with Crippen molar-refractivity contribution < 1.29 is 8.42 Å². The van der Waals surface area contributed by atoms with Crippen LogP contribution >= 0.6 is 0 Å². The van der Waals surface area contributed by atoms with Gasteiger partial charge in [-0.25, -0.2) is 13.1 Å². The van der Waals surface area contributed by atoms with Gasteiger partial charge >= 0.3 is 0 Å². The second kappa shape index (κ2) is 4.50. The van der Waals surface area contributed by atoms with Crippen LogP contribution in [0, 0.1) is 6.92 Å². The number of rotatable bonds is 3. The van der Waals surface area contributed by atoms with Gasteiger partial charge in [-0.2, -0.15) is 0 Å². The molecular formula is C12H16N2O2S. The summed E-state index contributed by atoms with van der Waals surface area (Å²) in [6.07, 6.45) is 5.44. The minimum atomic E-state index is -3.52. The van der Waals surface area contributed by atoms with Crippen LogP contribution in [0.1, 0.15) is 18.4 Å². The van der Waals surface area contributed by atoms with E-state index >= 15 is 0 Å². The maximum Gasteiger partial charge on any atom is 0.243 e. The molecule has 0 unspecified atom stereocenters. The van der Waals surface area contributed by atoms with Crippen molar-refractivity contribution in [2.24, 2.45) is 0 Å². The SMILES string of the molecule is Cc1cccc(N)c1S(=O)(=O)NC1CC=CC1. The summed E-state index contributed by atoms with van der Waals surface area (Å²) in [6.45, 7) is 1.75. The Morgan fingerprint density at radius 3 is 2.53 bits per heavy atom. The molecule has 2 rings (SSSR count). The molecule has 92 valence electrons. The number of hydrogen-bond acceptors (Lipinski definition) is 3. The molecule has 0 fully saturated rings. The van der Waals surface area contributed by atoms with Crippen molar-refractivity contribution in [3.05, 3.63) is 35.9 Å². The maximum atomic E-state index is 12.2. The van der Waals surface area contributed by atoms with Crippen LogP contribution in [0.4, 0.5) is 5.69 Å². The van der Waals surface area contributed by atoms with Crippen molar-refractivity contribution in [1.29, 1.82) is 0 Å². The van der Waals surface area contributed by atoms with E-state index in [0.717, 1.165) is 12.8 Å². The number of hydrogen-bond donors (Lipinski definition) is 2. The van der Waals surface area contributed by atoms with Gasteiger partial charge in [-0.15, -0.1) is 0 Å². The molecule has 0 saturated carbocycles. The van der Waals surface area contributed by atoms with E-state index in [2.05, 4.69) is 4.72 Å². The average Bonchev–Trinajstić information content (AvgIpc) is 2.68. The summed E-state index contributed by atoms with van der Waals surface area (Å²) in [5, 5.41) is 0. The molecule has 1 aliphatic carbocycles. The van der Waals surface area contributed by atoms with E-state index < -0.39 is 10.0 Å². The monoisotopic (exact) mass is 252 g/mol. The molecular weight excluding hydrogens is 236 g/mol. The van der Waals surface area contributed by atoms with Gasteiger partial charge in [0, 0.05) is 6.04 Å². The number of nitrogens with one attached hydrogen (secondary N) is 1. The lowest BCUT2D eigenvalue weighted by Gasteiger charge is -2.15. The van der Waals surface area contributed by atoms with Crippen LogP contribution in [0.5, 0.6) is 0 Å². The predicted molar refractivity (Wildman–Crippen MR) is 68.1 cm³/mol. The Labute approximate surface area is 102 Å². The zero-order valence-corrected chi connectivity index (χ0v) is 10.5. The fraction of sp³-hybridized carbons (Fsp3) is 0.333. The number of anilines is 1. The van der Waals surface area contributed by atoms with Crippen LogP contribution in [-0.4, -0.2) is 14.5 Å². The number of nitrogen functional groups attached to an aromatic ring is 1. The first-order chi connectivity index (χ1) is 8.00. The molecule has 0 amide bonds. The summed E-state index contributed by atoms with van der Waals surface area (Å²) in [5.74, 6) is 0. The molecule has 0 atom stereocenters. The van der Waals surface area contributed by atoms with Gasteiger partial charge in [0.25, 0.3) is 0 Å². The smallest absolute Gasteiger partial charge is 0.243 e. The number of benzene rings is 1. The topological polar surface area (TPSA) is 72.2 Å². The van der Waals surface area contributed by atoms with Gasteiger partial charge in [0.15, 0.2) is 0 Å². The summed E-state index contributed by atoms with van der Waals surface area (Å²) >= 11 is 0. The maximum absolute atomic E-state index is 12.2. The van der Waals surface area contributed by atoms with Gasteiger partial charge in [0.1, 0.15) is 4.90 Å². The third-order valence-electron chi connectivity index (χ3n) is 2.84. The Kier molecular flexibility index (Phi) is 3.22. The van der Waals surface area contributed by atoms with Crippen molar-refractivity contribution in [1.82, 2.24) is 4.72 Å². The highest BCUT2D eigenvalue weighted by Crippen LogP contribution is 2.23. The summed E-state index contributed by atoms with van der Waals surface area (Å²) in [6, 6.07) is 5.06. The fourth-order valence-corrected chi connectivity index (χ4v) is 3.65. The third-order valence-corrected chi connectivity index (χ3v) is 4.58. The molecule has 1 aromatic carbocycles. The first-order valence-electron chi connectivity index (χ1n) is 5.53. The standard InChI is InChI=1S/C12H16N2O2S/c1-9-5-4-8-11(13)12(9)17(15,16)14-10-6-2-3-7-10/h2-5,8,10,14H,6-7,13H2,1H3. The Morgan fingerprint density at radius 2 is 1.94 bits per heavy atom. The molecule has 5 heteroatoms. The lowest BCUT2D eigenvalue weighted by atomic mass is 10.2. The van der Waals surface area contributed by atoms with Gasteiger partial charge in [-0.05, 0) is 31.4 Å². The average molecular weight is 252 g/mol. The third kappa shape index (κ3) is 2.50. The van der Waals surface area contributed by atoms with Crippen molar-refractivity contribution in [3.8, 4) is 0 Å². The van der Waals surface area contributed by atoms with E-state index in [-0.39, 0.29) is 10.9 Å². The van der Waals surface area contributed by atoms with E-state index in [1.807, 2.05) is 12.2 Å². The minimum absolute atomic E-state index is 0.0426. The lowest BCUT2D eigenvalue weighted by molar-refractivity contribution is 0.557. The van der Waals surface area contributed by atoms with Crippen molar-refractivity contribution in [3.63, 3.8) is 0 Å². The van der Waals surface area contributed by atoms with Crippen molar-refractivity contribution in [2.45, 2.75) is 30.7 Å². The van der Waals surface area contributed by atoms with Gasteiger partial charge < -0.3 is 5.73 Å². The number of aryl methyl sites for hydroxylation is 1. The predicted octanol–water partition coefficient (Wildman–Crippen LogP) is 1.57. The number of nitrogens with two attached hydrogens (primary N) is 1. The van der Waals surface area contributed by atoms with E-state index in [0.29, 0.717) is 11.3 Å². The quantitative estimate of drug-likeness (QED) is 0.633. The molecule has 1 aliphatic rings. The van der Waals surface area contributed by atoms with E-state index in [4.69, 9.17) is 5.73 Å². The molecule has 17 heavy (non-hydrogen) atoms. The summed E-state index contributed by atoms with van der Waals surface area (Å²) in [7, 11) is -3.52. The van der Waals surface area contributed by atoms with Crippen molar-refractivity contribution >= 4 is 15.7 Å². The highest BCUT2D eigenvalue weighted by atomic mass is 32.2. The summed E-state index contributed by atoms with van der Waals surface area (Å²) in [4.78, 5) is 0.201. The summed E-state index contributed by atoms with van der Waals surface area (Å²) < 4.78 is 27.1. The first-order valence-corrected chi connectivity index (χ1v) is 7.01. The lowest BCUT2D eigenvalue weighted by Crippen LogP contribution is -2.33. The largest absolute Gasteiger partial charge is 0.398 e. The normalized spacial score (nSPS) is 16.5. The highest BCUT2D eigenvalue weighted by Gasteiger charge is 2.24. The van der Waals surface area contributed by atoms with Crippen LogP contribution in [0.3, 0.4) is 0 Å². The molecule has 0 spiro atoms. The van der Waals surface area contributed by atoms with Crippen LogP contribution in [0.15, 0.2) is 35.2 Å². The number of sulfonamides is 1. The molecule has 0 heterocycles. The molecule has 0 saturated heterocycles. The Balaban J connectivity index is 2.31. The van der Waals surface area contributed by atoms with E-state index in [1.165, 1.54) is 0 Å². The Hall–Kier alpha value is -1.33. The molecule has 0 radical (unpaired) electrons. The molecule has 4 nitrogen and oxygen atoms in total. The highest BCUT2D eigenvalue weighted by molar-refractivity contribution is 7.89. The first kappa shape index (κ1) is 12.1. The van der Waals surface area contributed by atoms with Crippen LogP contribution in [0.2, 0.25) is 0 Å². The van der Waals surface area contributed by atoms with Crippen molar-refractivity contribution in [2.75, 3.05) is 5.73 Å². The zero-order valence-electron chi connectivity index (χ0n) is 9.68. The van der Waals surface area contributed by atoms with Crippen LogP contribution in [0.25, 0.3) is 0 Å². The Morgan fingerprint density at radius 1 is 1.29 bits per heavy atom. The van der Waals surface area contributed by atoms with Gasteiger partial charge in [0.2, 0.25) is 10.0 Å². The second-order valence-corrected chi connectivity index (χ2v) is 5.91. The van der Waals surface area contributed by atoms with Gasteiger partial charge in [0.05, 0.1) is 5.69 Å². The molecule has 1 aromatic rings. The van der Waals surface area contributed by atoms with Gasteiger partial charge in [-0.3, -0.25) is 0 Å². The molecule has 3 N–H and O–H groups in total. The van der Waals surface area contributed by atoms with Crippen LogP contribution in [-0.2, 0) is 10.0 Å². The summed E-state index contributed by atoms with van der Waals surface area (Å²) in [5.41, 5.74) is 6.71. The zero-order chi connectivity index (χ0) is 12.5.